The van der Waals surface area contributed by atoms with Crippen LogP contribution in [0, 0.1) is 5.82 Å². The van der Waals surface area contributed by atoms with Gasteiger partial charge in [-0.1, -0.05) is 42.3 Å². The van der Waals surface area contributed by atoms with Crippen molar-refractivity contribution in [1.82, 2.24) is 4.31 Å². The third-order valence-corrected chi connectivity index (χ3v) is 8.70. The molecule has 1 saturated heterocycles. The van der Waals surface area contributed by atoms with Crippen LogP contribution in [-0.4, -0.2) is 45.6 Å². The van der Waals surface area contributed by atoms with E-state index in [0.717, 1.165) is 32.8 Å². The van der Waals surface area contributed by atoms with Crippen molar-refractivity contribution < 1.29 is 32.2 Å². The molecule has 0 aromatic heterocycles. The van der Waals surface area contributed by atoms with Crippen molar-refractivity contribution in [1.29, 1.82) is 0 Å². The number of aliphatic hydroxyl groups is 1. The number of ether oxygens (including phenoxy) is 1. The fraction of sp³-hybridized carbons (Fsp3) is 0.560. The number of hydrogen-bond acceptors (Lipinski definition) is 5. The van der Waals surface area contributed by atoms with Gasteiger partial charge in [-0.05, 0) is 49.8 Å². The Morgan fingerprint density at radius 3 is 2.59 bits per heavy atom. The van der Waals surface area contributed by atoms with Gasteiger partial charge in [-0.3, -0.25) is 4.79 Å². The Labute approximate surface area is 201 Å². The van der Waals surface area contributed by atoms with Gasteiger partial charge < -0.3 is 9.84 Å². The molecule has 1 N–H and O–H groups in total. The summed E-state index contributed by atoms with van der Waals surface area (Å²) in [5.74, 6) is -1.75. The normalized spacial score (nSPS) is 32.1. The molecule has 0 spiro atoms. The lowest BCUT2D eigenvalue weighted by atomic mass is 9.55. The Morgan fingerprint density at radius 2 is 2.00 bits per heavy atom. The highest BCUT2D eigenvalue weighted by atomic mass is 32.2. The lowest BCUT2D eigenvalue weighted by Crippen LogP contribution is -2.65. The van der Waals surface area contributed by atoms with Crippen molar-refractivity contribution in [3.8, 4) is 0 Å². The van der Waals surface area contributed by atoms with E-state index in [4.69, 9.17) is 4.74 Å². The minimum Gasteiger partial charge on any atom is -0.468 e. The average Bonchev–Trinajstić information content (AvgIpc) is 2.78. The van der Waals surface area contributed by atoms with E-state index >= 15 is 4.39 Å². The highest BCUT2D eigenvalue weighted by Crippen LogP contribution is 2.57. The first-order valence-corrected chi connectivity index (χ1v) is 12.3. The minimum absolute atomic E-state index is 0.174. The van der Waals surface area contributed by atoms with E-state index in [-0.39, 0.29) is 11.6 Å². The van der Waals surface area contributed by atoms with Crippen molar-refractivity contribution in [3.05, 3.63) is 58.9 Å². The van der Waals surface area contributed by atoms with E-state index in [1.54, 1.807) is 18.0 Å². The first-order valence-electron chi connectivity index (χ1n) is 11.5. The van der Waals surface area contributed by atoms with Gasteiger partial charge in [0.1, 0.15) is 11.2 Å². The predicted molar refractivity (Wildman–Crippen MR) is 122 cm³/mol. The van der Waals surface area contributed by atoms with Crippen LogP contribution >= 0.6 is 11.9 Å². The van der Waals surface area contributed by atoms with Crippen molar-refractivity contribution in [3.63, 3.8) is 0 Å². The maximum absolute atomic E-state index is 15.2. The third-order valence-electron chi connectivity index (χ3n) is 7.18. The van der Waals surface area contributed by atoms with Gasteiger partial charge in [-0.25, -0.2) is 8.70 Å². The molecular formula is C25H29F4NO3S. The highest BCUT2D eigenvalue weighted by molar-refractivity contribution is 7.97. The standard InChI is InChI=1S/C25H29F4NO3S/c1-16-8-11-21(18-6-4-3-5-7-18)34-30(16)13-17-9-10-19(20(26)12-17)23(22(31)33-2)14-24(32,15-23)25(27,28)29/h4,6-7,9-10,12,16,21,32H,3,5,8,11,13-15H2,1-2H3/t16-,21?,23?,24?/m0/s1. The Hall–Kier alpha value is -1.84. The average molecular weight is 500 g/mol. The molecule has 3 aliphatic rings. The first-order chi connectivity index (χ1) is 16.0. The molecule has 0 radical (unpaired) electrons. The summed E-state index contributed by atoms with van der Waals surface area (Å²) >= 11 is 1.74. The zero-order chi connectivity index (χ0) is 24.7. The number of nitrogens with zero attached hydrogens (tertiary/aromatic N) is 1. The molecular weight excluding hydrogens is 470 g/mol. The van der Waals surface area contributed by atoms with E-state index in [1.807, 2.05) is 0 Å². The molecule has 9 heteroatoms. The molecule has 4 rings (SSSR count). The lowest BCUT2D eigenvalue weighted by molar-refractivity contribution is -0.303. The van der Waals surface area contributed by atoms with Crippen LogP contribution < -0.4 is 0 Å². The van der Waals surface area contributed by atoms with Gasteiger partial charge in [0.15, 0.2) is 5.60 Å². The molecule has 2 aliphatic carbocycles. The summed E-state index contributed by atoms with van der Waals surface area (Å²) in [5, 5.41) is 10.3. The molecule has 2 fully saturated rings. The molecule has 1 heterocycles. The van der Waals surface area contributed by atoms with Crippen molar-refractivity contribution in [2.45, 2.75) is 80.5 Å². The fourth-order valence-corrected chi connectivity index (χ4v) is 6.56. The monoisotopic (exact) mass is 499 g/mol. The number of halogens is 4. The maximum atomic E-state index is 15.2. The van der Waals surface area contributed by atoms with Gasteiger partial charge in [-0.2, -0.15) is 13.2 Å². The molecule has 186 valence electrons. The van der Waals surface area contributed by atoms with E-state index in [9.17, 15) is 23.1 Å². The number of esters is 1. The fourth-order valence-electron chi connectivity index (χ4n) is 5.16. The third kappa shape index (κ3) is 4.54. The molecule has 1 saturated carbocycles. The Morgan fingerprint density at radius 1 is 1.26 bits per heavy atom. The number of hydrogen-bond donors (Lipinski definition) is 1. The second kappa shape index (κ2) is 9.32. The molecule has 1 unspecified atom stereocenters. The number of alkyl halides is 3. The molecule has 0 bridgehead atoms. The van der Waals surface area contributed by atoms with Crippen molar-refractivity contribution in [2.24, 2.45) is 0 Å². The topological polar surface area (TPSA) is 49.8 Å². The number of carbonyl (C=O) groups excluding carboxylic acids is 1. The first kappa shape index (κ1) is 25.3. The number of benzene rings is 1. The highest BCUT2D eigenvalue weighted by Gasteiger charge is 2.71. The largest absolute Gasteiger partial charge is 0.468 e. The summed E-state index contributed by atoms with van der Waals surface area (Å²) in [6.07, 6.45) is 3.96. The Bertz CT molecular complexity index is 1000. The summed E-state index contributed by atoms with van der Waals surface area (Å²) in [4.78, 5) is 12.4. The smallest absolute Gasteiger partial charge is 0.417 e. The SMILES string of the molecule is COC(=O)C1(c2ccc(CN3SC(C4=CCCC=C4)CC[C@@H]3C)cc2F)CC(O)(C(F)(F)F)C1. The van der Waals surface area contributed by atoms with Gasteiger partial charge >= 0.3 is 12.1 Å². The number of methoxy groups -OCH3 is 1. The summed E-state index contributed by atoms with van der Waals surface area (Å²) < 4.78 is 61.8. The van der Waals surface area contributed by atoms with Gasteiger partial charge in [0.25, 0.3) is 0 Å². The second-order valence-corrected chi connectivity index (χ2v) is 10.8. The van der Waals surface area contributed by atoms with Crippen LogP contribution in [0.15, 0.2) is 42.0 Å². The van der Waals surface area contributed by atoms with Gasteiger partial charge in [-0.15, -0.1) is 0 Å². The van der Waals surface area contributed by atoms with E-state index in [1.165, 1.54) is 17.7 Å². The Kier molecular flexibility index (Phi) is 6.92. The molecule has 0 amide bonds. The van der Waals surface area contributed by atoms with Crippen LogP contribution in [0.1, 0.15) is 56.6 Å². The number of rotatable bonds is 5. The zero-order valence-electron chi connectivity index (χ0n) is 19.2. The van der Waals surface area contributed by atoms with Crippen LogP contribution in [0.4, 0.5) is 17.6 Å². The lowest BCUT2D eigenvalue weighted by Gasteiger charge is -2.51. The van der Waals surface area contributed by atoms with Crippen LogP contribution in [0.5, 0.6) is 0 Å². The molecule has 1 aliphatic heterocycles. The van der Waals surface area contributed by atoms with Crippen LogP contribution in [0.3, 0.4) is 0 Å². The summed E-state index contributed by atoms with van der Waals surface area (Å²) in [7, 11) is 1.05. The summed E-state index contributed by atoms with van der Waals surface area (Å²) in [6, 6.07) is 4.57. The minimum atomic E-state index is -4.91. The van der Waals surface area contributed by atoms with E-state index in [2.05, 4.69) is 29.5 Å². The van der Waals surface area contributed by atoms with Crippen LogP contribution in [0.2, 0.25) is 0 Å². The molecule has 34 heavy (non-hydrogen) atoms. The van der Waals surface area contributed by atoms with Gasteiger partial charge in [0, 0.05) is 36.2 Å². The van der Waals surface area contributed by atoms with Crippen molar-refractivity contribution >= 4 is 17.9 Å². The number of allylic oxidation sites excluding steroid dienone is 3. The van der Waals surface area contributed by atoms with Gasteiger partial charge in [0.05, 0.1) is 7.11 Å². The predicted octanol–water partition coefficient (Wildman–Crippen LogP) is 5.60. The Balaban J connectivity index is 1.53. The van der Waals surface area contributed by atoms with Gasteiger partial charge in [0.2, 0.25) is 0 Å². The molecule has 1 aromatic carbocycles. The van der Waals surface area contributed by atoms with Crippen molar-refractivity contribution in [2.75, 3.05) is 7.11 Å². The summed E-state index contributed by atoms with van der Waals surface area (Å²) in [5.41, 5.74) is -3.09. The zero-order valence-corrected chi connectivity index (χ0v) is 20.0. The van der Waals surface area contributed by atoms with Crippen LogP contribution in [0.25, 0.3) is 0 Å². The number of carbonyl (C=O) groups is 1. The molecule has 4 nitrogen and oxygen atoms in total. The van der Waals surface area contributed by atoms with Crippen LogP contribution in [-0.2, 0) is 21.5 Å². The van der Waals surface area contributed by atoms with E-state index in [0.29, 0.717) is 17.4 Å². The van der Waals surface area contributed by atoms with E-state index < -0.39 is 41.8 Å². The molecule has 2 atom stereocenters. The molecule has 1 aromatic rings. The quantitative estimate of drug-likeness (QED) is 0.325. The summed E-state index contributed by atoms with van der Waals surface area (Å²) in [6.45, 7) is 2.59. The second-order valence-electron chi connectivity index (χ2n) is 9.55. The maximum Gasteiger partial charge on any atom is 0.417 e.